The Kier molecular flexibility index (Phi) is 3.75. The molecule has 1 aromatic rings. The van der Waals surface area contributed by atoms with Gasteiger partial charge >= 0.3 is 0 Å². The first-order valence-electron chi connectivity index (χ1n) is 4.40. The molecule has 0 aliphatic rings. The molecule has 0 atom stereocenters. The zero-order valence-corrected chi connectivity index (χ0v) is 8.32. The summed E-state index contributed by atoms with van der Waals surface area (Å²) in [6, 6.07) is 9.40. The molecule has 0 unspecified atom stereocenters. The molecule has 2 heteroatoms. The van der Waals surface area contributed by atoms with Gasteiger partial charge in [-0.1, -0.05) is 12.1 Å². The highest BCUT2D eigenvalue weighted by Crippen LogP contribution is 2.16. The van der Waals surface area contributed by atoms with E-state index in [-0.39, 0.29) is 0 Å². The molecule has 0 aliphatic carbocycles. The van der Waals surface area contributed by atoms with E-state index in [1.807, 2.05) is 50.3 Å². The van der Waals surface area contributed by atoms with E-state index in [2.05, 4.69) is 0 Å². The van der Waals surface area contributed by atoms with Crippen LogP contribution in [-0.4, -0.2) is 0 Å². The van der Waals surface area contributed by atoms with Crippen molar-refractivity contribution < 1.29 is 4.74 Å². The Balaban J connectivity index is 2.79. The molecule has 0 bridgehead atoms. The van der Waals surface area contributed by atoms with Crippen molar-refractivity contribution in [2.75, 3.05) is 0 Å². The molecule has 14 heavy (non-hydrogen) atoms. The number of benzene rings is 1. The zero-order chi connectivity index (χ0) is 10.4. The first-order valence-corrected chi connectivity index (χ1v) is 4.40. The van der Waals surface area contributed by atoms with Gasteiger partial charge in [-0.05, 0) is 37.6 Å². The van der Waals surface area contributed by atoms with E-state index in [0.29, 0.717) is 0 Å². The molecule has 0 saturated carbocycles. The van der Waals surface area contributed by atoms with Gasteiger partial charge in [-0.25, -0.2) is 0 Å². The SMILES string of the molecule is C/C=C(/C)Oc1cccc([CH]C#N)c1. The third-order valence-corrected chi connectivity index (χ3v) is 1.77. The highest BCUT2D eigenvalue weighted by molar-refractivity contribution is 5.36. The second-order valence-corrected chi connectivity index (χ2v) is 2.85. The minimum Gasteiger partial charge on any atom is -0.462 e. The van der Waals surface area contributed by atoms with E-state index in [1.165, 1.54) is 6.42 Å². The third kappa shape index (κ3) is 2.95. The van der Waals surface area contributed by atoms with E-state index in [4.69, 9.17) is 10.00 Å². The highest BCUT2D eigenvalue weighted by Gasteiger charge is 1.97. The molecule has 71 valence electrons. The topological polar surface area (TPSA) is 33.0 Å². The normalized spacial score (nSPS) is 10.8. The fourth-order valence-electron chi connectivity index (χ4n) is 0.987. The van der Waals surface area contributed by atoms with E-state index >= 15 is 0 Å². The maximum Gasteiger partial charge on any atom is 0.127 e. The van der Waals surface area contributed by atoms with Crippen LogP contribution < -0.4 is 4.74 Å². The van der Waals surface area contributed by atoms with Crippen molar-refractivity contribution in [3.8, 4) is 11.8 Å². The van der Waals surface area contributed by atoms with Gasteiger partial charge in [-0.3, -0.25) is 0 Å². The van der Waals surface area contributed by atoms with Crippen LogP contribution in [0, 0.1) is 17.8 Å². The van der Waals surface area contributed by atoms with Crippen molar-refractivity contribution in [2.45, 2.75) is 13.8 Å². The molecular weight excluding hydrogens is 174 g/mol. The summed E-state index contributed by atoms with van der Waals surface area (Å²) in [5.41, 5.74) is 0.855. The average molecular weight is 186 g/mol. The zero-order valence-electron chi connectivity index (χ0n) is 8.32. The van der Waals surface area contributed by atoms with E-state index < -0.39 is 0 Å². The van der Waals surface area contributed by atoms with Crippen molar-refractivity contribution >= 4 is 0 Å². The molecule has 1 aromatic carbocycles. The van der Waals surface area contributed by atoms with Crippen LogP contribution in [0.4, 0.5) is 0 Å². The summed E-state index contributed by atoms with van der Waals surface area (Å²) in [6.45, 7) is 3.81. The summed E-state index contributed by atoms with van der Waals surface area (Å²) in [4.78, 5) is 0. The number of hydrogen-bond donors (Lipinski definition) is 0. The van der Waals surface area contributed by atoms with Gasteiger partial charge < -0.3 is 4.74 Å². The largest absolute Gasteiger partial charge is 0.462 e. The second-order valence-electron chi connectivity index (χ2n) is 2.85. The van der Waals surface area contributed by atoms with E-state index in [1.54, 1.807) is 0 Å². The van der Waals surface area contributed by atoms with Crippen LogP contribution >= 0.6 is 0 Å². The first-order chi connectivity index (χ1) is 6.76. The van der Waals surface area contributed by atoms with Crippen LogP contribution in [-0.2, 0) is 0 Å². The minimum atomic E-state index is 0.754. The average Bonchev–Trinajstić information content (AvgIpc) is 2.19. The lowest BCUT2D eigenvalue weighted by atomic mass is 10.1. The lowest BCUT2D eigenvalue weighted by Gasteiger charge is -2.05. The Hall–Kier alpha value is -1.75. The molecule has 0 spiro atoms. The fourth-order valence-corrected chi connectivity index (χ4v) is 0.987. The summed E-state index contributed by atoms with van der Waals surface area (Å²) in [6.07, 6.45) is 3.37. The minimum absolute atomic E-state index is 0.754. The molecule has 0 aromatic heterocycles. The van der Waals surface area contributed by atoms with Crippen molar-refractivity contribution in [3.05, 3.63) is 48.1 Å². The summed E-state index contributed by atoms with van der Waals surface area (Å²) < 4.78 is 5.48. The molecule has 0 N–H and O–H groups in total. The predicted molar refractivity (Wildman–Crippen MR) is 55.5 cm³/mol. The fraction of sp³-hybridized carbons (Fsp3) is 0.167. The van der Waals surface area contributed by atoms with Crippen LogP contribution in [0.1, 0.15) is 19.4 Å². The van der Waals surface area contributed by atoms with Crippen LogP contribution in [0.3, 0.4) is 0 Å². The maximum atomic E-state index is 8.48. The van der Waals surface area contributed by atoms with Crippen molar-refractivity contribution in [2.24, 2.45) is 0 Å². The van der Waals surface area contributed by atoms with Gasteiger partial charge in [-0.15, -0.1) is 0 Å². The van der Waals surface area contributed by atoms with E-state index in [9.17, 15) is 0 Å². The monoisotopic (exact) mass is 186 g/mol. The molecule has 0 aliphatic heterocycles. The van der Waals surface area contributed by atoms with Crippen LogP contribution in [0.5, 0.6) is 5.75 Å². The smallest absolute Gasteiger partial charge is 0.127 e. The Morgan fingerprint density at radius 1 is 1.50 bits per heavy atom. The van der Waals surface area contributed by atoms with Gasteiger partial charge in [-0.2, -0.15) is 5.26 Å². The van der Waals surface area contributed by atoms with Crippen molar-refractivity contribution in [3.63, 3.8) is 0 Å². The summed E-state index contributed by atoms with van der Waals surface area (Å²) >= 11 is 0. The van der Waals surface area contributed by atoms with Gasteiger partial charge in [0.1, 0.15) is 5.75 Å². The number of allylic oxidation sites excluding steroid dienone is 2. The molecular formula is C12H12NO. The van der Waals surface area contributed by atoms with Gasteiger partial charge in [0.05, 0.1) is 18.2 Å². The maximum absolute atomic E-state index is 8.48. The van der Waals surface area contributed by atoms with Crippen LogP contribution in [0.25, 0.3) is 0 Å². The highest BCUT2D eigenvalue weighted by atomic mass is 16.5. The summed E-state index contributed by atoms with van der Waals surface area (Å²) in [7, 11) is 0. The standard InChI is InChI=1S/C12H12NO/c1-3-10(2)14-12-6-4-5-11(9-12)7-8-13/h3-7,9H,1-2H3/b10-3-. The Bertz CT molecular complexity index is 374. The van der Waals surface area contributed by atoms with Gasteiger partial charge in [0.15, 0.2) is 0 Å². The van der Waals surface area contributed by atoms with Crippen molar-refractivity contribution in [1.29, 1.82) is 5.26 Å². The molecule has 2 nitrogen and oxygen atoms in total. The molecule has 0 saturated heterocycles. The molecule has 0 fully saturated rings. The number of ether oxygens (including phenoxy) is 1. The summed E-state index contributed by atoms with van der Waals surface area (Å²) in [5, 5.41) is 8.48. The predicted octanol–water partition coefficient (Wildman–Crippen LogP) is 3.07. The Morgan fingerprint density at radius 3 is 2.93 bits per heavy atom. The lowest BCUT2D eigenvalue weighted by Crippen LogP contribution is -1.90. The first kappa shape index (κ1) is 10.3. The lowest BCUT2D eigenvalue weighted by molar-refractivity contribution is 0.426. The molecule has 0 heterocycles. The molecule has 1 rings (SSSR count). The van der Waals surface area contributed by atoms with Gasteiger partial charge in [0, 0.05) is 0 Å². The van der Waals surface area contributed by atoms with Crippen LogP contribution in [0.15, 0.2) is 36.1 Å². The van der Waals surface area contributed by atoms with Crippen molar-refractivity contribution in [1.82, 2.24) is 0 Å². The number of rotatable bonds is 3. The van der Waals surface area contributed by atoms with Gasteiger partial charge in [0.2, 0.25) is 0 Å². The summed E-state index contributed by atoms with van der Waals surface area (Å²) in [5.74, 6) is 1.60. The van der Waals surface area contributed by atoms with Crippen LogP contribution in [0.2, 0.25) is 0 Å². The van der Waals surface area contributed by atoms with Gasteiger partial charge in [0.25, 0.3) is 0 Å². The number of nitrogens with zero attached hydrogens (tertiary/aromatic N) is 1. The van der Waals surface area contributed by atoms with E-state index in [0.717, 1.165) is 17.1 Å². The third-order valence-electron chi connectivity index (χ3n) is 1.77. The molecule has 0 amide bonds. The molecule has 1 radical (unpaired) electrons. The second kappa shape index (κ2) is 5.08. The Morgan fingerprint density at radius 2 is 2.29 bits per heavy atom. The number of hydrogen-bond acceptors (Lipinski definition) is 2. The number of nitriles is 1. The Labute approximate surface area is 84.4 Å². The quantitative estimate of drug-likeness (QED) is 0.679.